The second-order valence-electron chi connectivity index (χ2n) is 6.61. The lowest BCUT2D eigenvalue weighted by atomic mass is 9.95. The van der Waals surface area contributed by atoms with Crippen LogP contribution >= 0.6 is 0 Å². The Morgan fingerprint density at radius 3 is 2.65 bits per heavy atom. The third kappa shape index (κ3) is 5.40. The molecule has 0 aromatic heterocycles. The molecule has 3 atom stereocenters. The molecule has 0 spiro atoms. The lowest BCUT2D eigenvalue weighted by molar-refractivity contribution is 0.0830. The molecule has 1 aliphatic rings. The Labute approximate surface area is 124 Å². The molecule has 0 aliphatic carbocycles. The van der Waals surface area contributed by atoms with Crippen molar-refractivity contribution in [3.8, 4) is 6.07 Å². The zero-order chi connectivity index (χ0) is 15.2. The van der Waals surface area contributed by atoms with Crippen molar-refractivity contribution in [2.24, 2.45) is 0 Å². The molecule has 1 aliphatic heterocycles. The van der Waals surface area contributed by atoms with E-state index in [1.165, 1.54) is 0 Å². The van der Waals surface area contributed by atoms with Gasteiger partial charge in [0.05, 0.1) is 12.2 Å². The SMILES string of the molecule is CC(C)NC(C)(C#N)CCCCN(C)C1CCOC1C. The molecule has 0 amide bonds. The van der Waals surface area contributed by atoms with Crippen LogP contribution in [0.15, 0.2) is 0 Å². The van der Waals surface area contributed by atoms with Crippen molar-refractivity contribution in [3.05, 3.63) is 0 Å². The summed E-state index contributed by atoms with van der Waals surface area (Å²) < 4.78 is 5.61. The number of nitrogens with zero attached hydrogens (tertiary/aromatic N) is 2. The highest BCUT2D eigenvalue weighted by atomic mass is 16.5. The topological polar surface area (TPSA) is 48.3 Å². The van der Waals surface area contributed by atoms with E-state index in [9.17, 15) is 5.26 Å². The summed E-state index contributed by atoms with van der Waals surface area (Å²) in [7, 11) is 2.19. The van der Waals surface area contributed by atoms with Gasteiger partial charge in [0.25, 0.3) is 0 Å². The summed E-state index contributed by atoms with van der Waals surface area (Å²) in [5, 5.41) is 12.7. The van der Waals surface area contributed by atoms with Crippen molar-refractivity contribution >= 4 is 0 Å². The Morgan fingerprint density at radius 1 is 1.45 bits per heavy atom. The molecule has 1 saturated heterocycles. The van der Waals surface area contributed by atoms with Gasteiger partial charge in [-0.25, -0.2) is 0 Å². The summed E-state index contributed by atoms with van der Waals surface area (Å²) in [6.07, 6.45) is 4.62. The average molecular weight is 281 g/mol. The standard InChI is InChI=1S/C16H31N3O/c1-13(2)18-16(4,12-17)9-6-7-10-19(5)15-8-11-20-14(15)3/h13-15,18H,6-11H2,1-5H3. The molecule has 4 nitrogen and oxygen atoms in total. The Morgan fingerprint density at radius 2 is 2.15 bits per heavy atom. The van der Waals surface area contributed by atoms with Crippen molar-refractivity contribution in [3.63, 3.8) is 0 Å². The monoisotopic (exact) mass is 281 g/mol. The molecule has 116 valence electrons. The van der Waals surface area contributed by atoms with Crippen molar-refractivity contribution in [1.29, 1.82) is 5.26 Å². The van der Waals surface area contributed by atoms with Crippen LogP contribution in [-0.4, -0.2) is 48.8 Å². The van der Waals surface area contributed by atoms with Gasteiger partial charge >= 0.3 is 0 Å². The minimum absolute atomic E-state index is 0.346. The number of likely N-dealkylation sites (N-methyl/N-ethyl adjacent to an activating group) is 1. The van der Waals surface area contributed by atoms with Crippen molar-refractivity contribution in [1.82, 2.24) is 10.2 Å². The first-order valence-corrected chi connectivity index (χ1v) is 7.89. The maximum absolute atomic E-state index is 9.31. The highest BCUT2D eigenvalue weighted by Gasteiger charge is 2.28. The van der Waals surface area contributed by atoms with Crippen molar-refractivity contribution < 1.29 is 4.74 Å². The quantitative estimate of drug-likeness (QED) is 0.695. The Bertz CT molecular complexity index is 326. The largest absolute Gasteiger partial charge is 0.377 e. The van der Waals surface area contributed by atoms with E-state index in [2.05, 4.69) is 44.1 Å². The minimum Gasteiger partial charge on any atom is -0.377 e. The zero-order valence-corrected chi connectivity index (χ0v) is 13.8. The summed E-state index contributed by atoms with van der Waals surface area (Å²) in [5.74, 6) is 0. The summed E-state index contributed by atoms with van der Waals surface area (Å²) >= 11 is 0. The molecule has 3 unspecified atom stereocenters. The number of unbranched alkanes of at least 4 members (excludes halogenated alkanes) is 1. The van der Waals surface area contributed by atoms with Gasteiger partial charge in [-0.2, -0.15) is 5.26 Å². The first kappa shape index (κ1) is 17.4. The van der Waals surface area contributed by atoms with E-state index in [1.54, 1.807) is 0 Å². The lowest BCUT2D eigenvalue weighted by Crippen LogP contribution is -2.45. The van der Waals surface area contributed by atoms with Crippen molar-refractivity contribution in [2.45, 2.75) is 77.1 Å². The zero-order valence-electron chi connectivity index (χ0n) is 13.8. The minimum atomic E-state index is -0.392. The van der Waals surface area contributed by atoms with E-state index >= 15 is 0 Å². The van der Waals surface area contributed by atoms with E-state index in [-0.39, 0.29) is 0 Å². The molecule has 1 rings (SSSR count). The summed E-state index contributed by atoms with van der Waals surface area (Å²) in [6, 6.07) is 3.32. The maximum Gasteiger partial charge on any atom is 0.104 e. The molecule has 0 aromatic rings. The van der Waals surface area contributed by atoms with Crippen LogP contribution in [0.1, 0.15) is 53.4 Å². The molecule has 1 fully saturated rings. The summed E-state index contributed by atoms with van der Waals surface area (Å²) in [4.78, 5) is 2.41. The number of nitriles is 1. The lowest BCUT2D eigenvalue weighted by Gasteiger charge is -2.28. The van der Waals surface area contributed by atoms with Crippen LogP contribution in [0.3, 0.4) is 0 Å². The molecule has 20 heavy (non-hydrogen) atoms. The number of ether oxygens (including phenoxy) is 1. The van der Waals surface area contributed by atoms with Gasteiger partial charge in [0.1, 0.15) is 5.54 Å². The normalized spacial score (nSPS) is 25.9. The van der Waals surface area contributed by atoms with E-state index in [0.717, 1.165) is 38.8 Å². The van der Waals surface area contributed by atoms with Crippen LogP contribution in [0.5, 0.6) is 0 Å². The number of hydrogen-bond acceptors (Lipinski definition) is 4. The predicted octanol–water partition coefficient (Wildman–Crippen LogP) is 2.55. The fourth-order valence-electron chi connectivity index (χ4n) is 3.10. The second kappa shape index (κ2) is 7.97. The molecule has 0 radical (unpaired) electrons. The smallest absolute Gasteiger partial charge is 0.104 e. The molecular formula is C16H31N3O. The van der Waals surface area contributed by atoms with Crippen LogP contribution in [0.2, 0.25) is 0 Å². The van der Waals surface area contributed by atoms with Gasteiger partial charge in [-0.3, -0.25) is 5.32 Å². The van der Waals surface area contributed by atoms with Gasteiger partial charge in [-0.15, -0.1) is 0 Å². The predicted molar refractivity (Wildman–Crippen MR) is 82.6 cm³/mol. The van der Waals surface area contributed by atoms with Gasteiger partial charge in [0.2, 0.25) is 0 Å². The third-order valence-corrected chi connectivity index (χ3v) is 4.19. The Hall–Kier alpha value is -0.630. The number of nitrogens with one attached hydrogen (secondary N) is 1. The van der Waals surface area contributed by atoms with Gasteiger partial charge in [-0.1, -0.05) is 0 Å². The van der Waals surface area contributed by atoms with E-state index in [1.807, 2.05) is 6.92 Å². The number of hydrogen-bond donors (Lipinski definition) is 1. The molecule has 0 aromatic carbocycles. The van der Waals surface area contributed by atoms with Crippen molar-refractivity contribution in [2.75, 3.05) is 20.2 Å². The van der Waals surface area contributed by atoms with E-state index in [4.69, 9.17) is 4.74 Å². The fraction of sp³-hybridized carbons (Fsp3) is 0.938. The molecule has 4 heteroatoms. The van der Waals surface area contributed by atoms with Crippen LogP contribution < -0.4 is 5.32 Å². The molecule has 1 N–H and O–H groups in total. The molecule has 0 saturated carbocycles. The van der Waals surface area contributed by atoms with Gasteiger partial charge in [-0.05, 0) is 67.0 Å². The first-order valence-electron chi connectivity index (χ1n) is 7.89. The average Bonchev–Trinajstić information content (AvgIpc) is 2.80. The Kier molecular flexibility index (Phi) is 6.94. The number of rotatable bonds is 8. The maximum atomic E-state index is 9.31. The van der Waals surface area contributed by atoms with E-state index < -0.39 is 5.54 Å². The van der Waals surface area contributed by atoms with Gasteiger partial charge in [0, 0.05) is 18.7 Å². The van der Waals surface area contributed by atoms with E-state index in [0.29, 0.717) is 18.2 Å². The van der Waals surface area contributed by atoms with Crippen LogP contribution in [0.4, 0.5) is 0 Å². The van der Waals surface area contributed by atoms with Crippen LogP contribution in [-0.2, 0) is 4.74 Å². The second-order valence-corrected chi connectivity index (χ2v) is 6.61. The summed E-state index contributed by atoms with van der Waals surface area (Å²) in [5.41, 5.74) is -0.392. The van der Waals surface area contributed by atoms with Gasteiger partial charge in [0.15, 0.2) is 0 Å². The first-order chi connectivity index (χ1) is 9.38. The molecular weight excluding hydrogens is 250 g/mol. The van der Waals surface area contributed by atoms with Gasteiger partial charge < -0.3 is 9.64 Å². The highest BCUT2D eigenvalue weighted by Crippen LogP contribution is 2.19. The fourth-order valence-corrected chi connectivity index (χ4v) is 3.10. The van der Waals surface area contributed by atoms with Crippen LogP contribution in [0.25, 0.3) is 0 Å². The Balaban J connectivity index is 2.25. The third-order valence-electron chi connectivity index (χ3n) is 4.19. The van der Waals surface area contributed by atoms with Crippen LogP contribution in [0, 0.1) is 11.3 Å². The summed E-state index contributed by atoms with van der Waals surface area (Å²) in [6.45, 7) is 10.3. The molecule has 1 heterocycles. The molecule has 0 bridgehead atoms. The highest BCUT2D eigenvalue weighted by molar-refractivity contribution is 5.04.